The number of benzene rings is 1. The molecule has 1 fully saturated rings. The minimum atomic E-state index is 0.477. The fraction of sp³-hybridized carbons (Fsp3) is 0.438. The second-order valence-corrected chi connectivity index (χ2v) is 6.38. The topological polar surface area (TPSA) is 24.9 Å². The van der Waals surface area contributed by atoms with E-state index >= 15 is 0 Å². The summed E-state index contributed by atoms with van der Waals surface area (Å²) in [7, 11) is 0. The zero-order valence-electron chi connectivity index (χ0n) is 11.8. The van der Waals surface area contributed by atoms with Crippen molar-refractivity contribution in [2.24, 2.45) is 0 Å². The van der Waals surface area contributed by atoms with Gasteiger partial charge in [-0.15, -0.1) is 11.3 Å². The molecule has 0 saturated carbocycles. The van der Waals surface area contributed by atoms with E-state index in [0.29, 0.717) is 6.04 Å². The number of rotatable bonds is 2. The van der Waals surface area contributed by atoms with Crippen molar-refractivity contribution in [2.75, 3.05) is 6.54 Å². The zero-order valence-corrected chi connectivity index (χ0v) is 12.6. The molecule has 1 aromatic carbocycles. The molecule has 2 nitrogen and oxygen atoms in total. The molecule has 100 valence electrons. The first-order valence-electron chi connectivity index (χ1n) is 6.92. The third kappa shape index (κ3) is 2.45. The molecule has 0 bridgehead atoms. The van der Waals surface area contributed by atoms with E-state index < -0.39 is 0 Å². The summed E-state index contributed by atoms with van der Waals surface area (Å²) in [5, 5.41) is 6.97. The van der Waals surface area contributed by atoms with Crippen LogP contribution in [0.3, 0.4) is 0 Å². The summed E-state index contributed by atoms with van der Waals surface area (Å²) in [6.07, 6.45) is 2.49. The fourth-order valence-electron chi connectivity index (χ4n) is 3.04. The monoisotopic (exact) mass is 272 g/mol. The second-order valence-electron chi connectivity index (χ2n) is 5.49. The number of aryl methyl sites for hydroxylation is 3. The highest BCUT2D eigenvalue weighted by atomic mass is 32.1. The van der Waals surface area contributed by atoms with Crippen LogP contribution in [0.25, 0.3) is 11.3 Å². The Balaban J connectivity index is 1.98. The predicted molar refractivity (Wildman–Crippen MR) is 81.7 cm³/mol. The van der Waals surface area contributed by atoms with Gasteiger partial charge in [-0.25, -0.2) is 4.98 Å². The van der Waals surface area contributed by atoms with Gasteiger partial charge < -0.3 is 5.32 Å². The van der Waals surface area contributed by atoms with Crippen molar-refractivity contribution >= 4 is 11.3 Å². The van der Waals surface area contributed by atoms with Crippen LogP contribution in [0.5, 0.6) is 0 Å². The third-order valence-electron chi connectivity index (χ3n) is 3.81. The smallest absolute Gasteiger partial charge is 0.110 e. The first-order chi connectivity index (χ1) is 9.15. The number of aromatic nitrogens is 1. The van der Waals surface area contributed by atoms with Gasteiger partial charge in [-0.2, -0.15) is 0 Å². The van der Waals surface area contributed by atoms with Crippen LogP contribution in [-0.4, -0.2) is 11.5 Å². The van der Waals surface area contributed by atoms with Crippen LogP contribution in [0.15, 0.2) is 17.5 Å². The van der Waals surface area contributed by atoms with E-state index in [1.165, 1.54) is 40.1 Å². The van der Waals surface area contributed by atoms with E-state index in [9.17, 15) is 0 Å². The van der Waals surface area contributed by atoms with Gasteiger partial charge in [0.05, 0.1) is 11.7 Å². The quantitative estimate of drug-likeness (QED) is 0.888. The largest absolute Gasteiger partial charge is 0.308 e. The number of hydrogen-bond acceptors (Lipinski definition) is 3. The van der Waals surface area contributed by atoms with E-state index in [-0.39, 0.29) is 0 Å². The van der Waals surface area contributed by atoms with Crippen molar-refractivity contribution in [3.63, 3.8) is 0 Å². The lowest BCUT2D eigenvalue weighted by atomic mass is 9.98. The molecule has 1 aliphatic heterocycles. The predicted octanol–water partition coefficient (Wildman–Crippen LogP) is 4.16. The molecule has 0 spiro atoms. The molecule has 0 aliphatic carbocycles. The zero-order chi connectivity index (χ0) is 13.4. The molecular weight excluding hydrogens is 252 g/mol. The van der Waals surface area contributed by atoms with Crippen LogP contribution in [0.2, 0.25) is 0 Å². The lowest BCUT2D eigenvalue weighted by Crippen LogP contribution is -2.12. The highest BCUT2D eigenvalue weighted by Gasteiger charge is 2.20. The lowest BCUT2D eigenvalue weighted by Gasteiger charge is -2.09. The molecule has 19 heavy (non-hydrogen) atoms. The Kier molecular flexibility index (Phi) is 3.42. The van der Waals surface area contributed by atoms with Gasteiger partial charge in [0.2, 0.25) is 0 Å². The molecule has 3 heteroatoms. The molecule has 1 aromatic heterocycles. The van der Waals surface area contributed by atoms with Crippen molar-refractivity contribution < 1.29 is 0 Å². The Bertz CT molecular complexity index is 572. The van der Waals surface area contributed by atoms with E-state index in [0.717, 1.165) is 12.2 Å². The first kappa shape index (κ1) is 12.8. The van der Waals surface area contributed by atoms with Gasteiger partial charge in [0.25, 0.3) is 0 Å². The molecule has 2 aromatic rings. The summed E-state index contributed by atoms with van der Waals surface area (Å²) in [6, 6.07) is 4.97. The van der Waals surface area contributed by atoms with Gasteiger partial charge >= 0.3 is 0 Å². The molecule has 1 unspecified atom stereocenters. The average Bonchev–Trinajstić information content (AvgIpc) is 2.97. The van der Waals surface area contributed by atoms with Crippen molar-refractivity contribution in [1.82, 2.24) is 10.3 Å². The maximum Gasteiger partial charge on any atom is 0.110 e. The standard InChI is InChI=1S/C16H20N2S/c1-10-7-11(2)15(12(3)8-10)14-9-19-16(18-14)13-5-4-6-17-13/h7-9,13,17H,4-6H2,1-3H3. The molecule has 1 aliphatic rings. The summed E-state index contributed by atoms with van der Waals surface area (Å²) in [5.74, 6) is 0. The normalized spacial score (nSPS) is 19.0. The SMILES string of the molecule is Cc1cc(C)c(-c2csc(C3CCCN3)n2)c(C)c1. The van der Waals surface area contributed by atoms with E-state index in [2.05, 4.69) is 43.6 Å². The molecule has 0 amide bonds. The van der Waals surface area contributed by atoms with E-state index in [4.69, 9.17) is 4.98 Å². The van der Waals surface area contributed by atoms with Crippen LogP contribution >= 0.6 is 11.3 Å². The minimum absolute atomic E-state index is 0.477. The number of thiazole rings is 1. The highest BCUT2D eigenvalue weighted by Crippen LogP contribution is 2.33. The average molecular weight is 272 g/mol. The van der Waals surface area contributed by atoms with Crippen molar-refractivity contribution in [1.29, 1.82) is 0 Å². The van der Waals surface area contributed by atoms with Crippen molar-refractivity contribution in [3.05, 3.63) is 39.2 Å². The van der Waals surface area contributed by atoms with Gasteiger partial charge in [-0.3, -0.25) is 0 Å². The van der Waals surface area contributed by atoms with Gasteiger partial charge in [0, 0.05) is 10.9 Å². The van der Waals surface area contributed by atoms with Gasteiger partial charge in [0.1, 0.15) is 5.01 Å². The van der Waals surface area contributed by atoms with Crippen LogP contribution in [0, 0.1) is 20.8 Å². The molecular formula is C16H20N2S. The second kappa shape index (κ2) is 5.06. The summed E-state index contributed by atoms with van der Waals surface area (Å²) in [4.78, 5) is 4.87. The molecule has 1 atom stereocenters. The first-order valence-corrected chi connectivity index (χ1v) is 7.80. The Morgan fingerprint density at radius 2 is 1.95 bits per heavy atom. The molecule has 1 saturated heterocycles. The Morgan fingerprint density at radius 3 is 2.58 bits per heavy atom. The van der Waals surface area contributed by atoms with Crippen LogP contribution in [-0.2, 0) is 0 Å². The van der Waals surface area contributed by atoms with Gasteiger partial charge in [-0.05, 0) is 51.3 Å². The molecule has 0 radical (unpaired) electrons. The van der Waals surface area contributed by atoms with Crippen molar-refractivity contribution in [2.45, 2.75) is 39.7 Å². The highest BCUT2D eigenvalue weighted by molar-refractivity contribution is 7.10. The Hall–Kier alpha value is -1.19. The van der Waals surface area contributed by atoms with Crippen LogP contribution in [0.1, 0.15) is 40.6 Å². The number of nitrogens with one attached hydrogen (secondary N) is 1. The summed E-state index contributed by atoms with van der Waals surface area (Å²) >= 11 is 1.79. The molecule has 1 N–H and O–H groups in total. The van der Waals surface area contributed by atoms with Crippen molar-refractivity contribution in [3.8, 4) is 11.3 Å². The number of hydrogen-bond donors (Lipinski definition) is 1. The number of nitrogens with zero attached hydrogens (tertiary/aromatic N) is 1. The van der Waals surface area contributed by atoms with Crippen LogP contribution < -0.4 is 5.32 Å². The summed E-state index contributed by atoms with van der Waals surface area (Å²) < 4.78 is 0. The third-order valence-corrected chi connectivity index (χ3v) is 4.77. The summed E-state index contributed by atoms with van der Waals surface area (Å²) in [6.45, 7) is 7.64. The van der Waals surface area contributed by atoms with Gasteiger partial charge in [-0.1, -0.05) is 17.7 Å². The fourth-order valence-corrected chi connectivity index (χ4v) is 3.96. The van der Waals surface area contributed by atoms with E-state index in [1.807, 2.05) is 0 Å². The molecule has 2 heterocycles. The maximum atomic E-state index is 4.87. The summed E-state index contributed by atoms with van der Waals surface area (Å²) in [5.41, 5.74) is 6.43. The van der Waals surface area contributed by atoms with Crippen LogP contribution in [0.4, 0.5) is 0 Å². The molecule has 3 rings (SSSR count). The maximum absolute atomic E-state index is 4.87. The Labute approximate surface area is 118 Å². The lowest BCUT2D eigenvalue weighted by molar-refractivity contribution is 0.643. The Morgan fingerprint density at radius 1 is 1.21 bits per heavy atom. The minimum Gasteiger partial charge on any atom is -0.308 e. The van der Waals surface area contributed by atoms with E-state index in [1.54, 1.807) is 11.3 Å². The van der Waals surface area contributed by atoms with Gasteiger partial charge in [0.15, 0.2) is 0 Å².